The Hall–Kier alpha value is -4.33. The van der Waals surface area contributed by atoms with Crippen LogP contribution in [-0.2, 0) is 14.3 Å². The molecule has 1 aromatic heterocycles. The fourth-order valence-electron chi connectivity index (χ4n) is 4.90. The standard InChI is InChI=1S/C31H40FN7O5/c1-43-17-18-44-26-13-11-23(12-14-26)36-31-33-20-27(32)29(37-31)34-24-8-5-9-25(19-24)35-30(41)22-7-6-16-39(21-22)15-4-2-3-10-28(40)38-42/h5,8-9,11-14,19-20,22,42H,2-4,6-7,10,15-18,21H2,1H3,(H,35,41)(H,38,40)(H2,33,34,36,37). The molecule has 12 nitrogen and oxygen atoms in total. The van der Waals surface area contributed by atoms with E-state index in [0.29, 0.717) is 55.4 Å². The third-order valence-electron chi connectivity index (χ3n) is 7.18. The zero-order chi connectivity index (χ0) is 31.1. The molecule has 1 aliphatic heterocycles. The number of benzene rings is 2. The highest BCUT2D eigenvalue weighted by Gasteiger charge is 2.25. The molecule has 2 heterocycles. The number of nitrogens with one attached hydrogen (secondary N) is 4. The van der Waals surface area contributed by atoms with Gasteiger partial charge in [0.25, 0.3) is 0 Å². The molecule has 5 N–H and O–H groups in total. The number of unbranched alkanes of at least 4 members (excludes halogenated alkanes) is 2. The number of carbonyl (C=O) groups is 2. The molecule has 236 valence electrons. The van der Waals surface area contributed by atoms with E-state index >= 15 is 0 Å². The number of hydrogen-bond acceptors (Lipinski definition) is 10. The molecule has 0 radical (unpaired) electrons. The van der Waals surface area contributed by atoms with Crippen LogP contribution in [0, 0.1) is 11.7 Å². The summed E-state index contributed by atoms with van der Waals surface area (Å²) in [5, 5.41) is 17.6. The number of rotatable bonds is 16. The highest BCUT2D eigenvalue weighted by atomic mass is 19.1. The van der Waals surface area contributed by atoms with E-state index in [4.69, 9.17) is 14.7 Å². The van der Waals surface area contributed by atoms with E-state index in [1.54, 1.807) is 49.0 Å². The van der Waals surface area contributed by atoms with Gasteiger partial charge in [-0.25, -0.2) is 14.9 Å². The van der Waals surface area contributed by atoms with E-state index in [1.165, 1.54) is 0 Å². The molecule has 2 amide bonds. The van der Waals surface area contributed by atoms with Crippen molar-refractivity contribution in [3.05, 3.63) is 60.5 Å². The molecular weight excluding hydrogens is 569 g/mol. The highest BCUT2D eigenvalue weighted by molar-refractivity contribution is 5.93. The van der Waals surface area contributed by atoms with Gasteiger partial charge in [0.15, 0.2) is 11.6 Å². The van der Waals surface area contributed by atoms with Gasteiger partial charge >= 0.3 is 0 Å². The Balaban J connectivity index is 1.28. The average molecular weight is 610 g/mol. The van der Waals surface area contributed by atoms with E-state index in [2.05, 4.69) is 30.8 Å². The first kappa shape index (κ1) is 32.6. The molecular formula is C31H40FN7O5. The number of anilines is 5. The van der Waals surface area contributed by atoms with Crippen LogP contribution in [0.2, 0.25) is 0 Å². The third-order valence-corrected chi connectivity index (χ3v) is 7.18. The quantitative estimate of drug-likeness (QED) is 0.0867. The molecule has 1 saturated heterocycles. The minimum absolute atomic E-state index is 0.00888. The van der Waals surface area contributed by atoms with Crippen molar-refractivity contribution in [2.75, 3.05) is 55.9 Å². The number of nitrogens with zero attached hydrogens (tertiary/aromatic N) is 3. The van der Waals surface area contributed by atoms with Crippen molar-refractivity contribution in [1.29, 1.82) is 0 Å². The van der Waals surface area contributed by atoms with Gasteiger partial charge in [0.2, 0.25) is 17.8 Å². The van der Waals surface area contributed by atoms with Crippen LogP contribution in [0.1, 0.15) is 38.5 Å². The summed E-state index contributed by atoms with van der Waals surface area (Å²) >= 11 is 0. The van der Waals surface area contributed by atoms with Gasteiger partial charge in [0.05, 0.1) is 18.7 Å². The van der Waals surface area contributed by atoms with Gasteiger partial charge in [-0.1, -0.05) is 12.5 Å². The first-order valence-corrected chi connectivity index (χ1v) is 14.8. The summed E-state index contributed by atoms with van der Waals surface area (Å²) in [7, 11) is 1.61. The molecule has 4 rings (SSSR count). The number of piperidine rings is 1. The smallest absolute Gasteiger partial charge is 0.243 e. The summed E-state index contributed by atoms with van der Waals surface area (Å²) in [4.78, 5) is 34.8. The fourth-order valence-corrected chi connectivity index (χ4v) is 4.90. The van der Waals surface area contributed by atoms with Crippen LogP contribution in [0.15, 0.2) is 54.7 Å². The van der Waals surface area contributed by atoms with Gasteiger partial charge in [0, 0.05) is 37.1 Å². The van der Waals surface area contributed by atoms with Crippen molar-refractivity contribution in [1.82, 2.24) is 20.3 Å². The predicted octanol–water partition coefficient (Wildman–Crippen LogP) is 4.84. The Bertz CT molecular complexity index is 1360. The summed E-state index contributed by atoms with van der Waals surface area (Å²) in [5.74, 6) is -0.284. The first-order chi connectivity index (χ1) is 21.4. The van der Waals surface area contributed by atoms with E-state index in [0.717, 1.165) is 45.0 Å². The lowest BCUT2D eigenvalue weighted by molar-refractivity contribution is -0.129. The number of hydroxylamine groups is 1. The number of halogens is 1. The molecule has 2 aromatic carbocycles. The summed E-state index contributed by atoms with van der Waals surface area (Å²) in [5.41, 5.74) is 3.51. The van der Waals surface area contributed by atoms with E-state index < -0.39 is 5.82 Å². The van der Waals surface area contributed by atoms with Crippen molar-refractivity contribution >= 4 is 40.6 Å². The Morgan fingerprint density at radius 2 is 1.86 bits per heavy atom. The van der Waals surface area contributed by atoms with Crippen LogP contribution in [0.25, 0.3) is 0 Å². The minimum Gasteiger partial charge on any atom is -0.491 e. The van der Waals surface area contributed by atoms with Crippen LogP contribution in [-0.4, -0.2) is 71.8 Å². The summed E-state index contributed by atoms with van der Waals surface area (Å²) < 4.78 is 25.2. The maximum Gasteiger partial charge on any atom is 0.243 e. The number of methoxy groups -OCH3 is 1. The Labute approximate surface area is 256 Å². The van der Waals surface area contributed by atoms with Gasteiger partial charge in [0.1, 0.15) is 12.4 Å². The van der Waals surface area contributed by atoms with Crippen LogP contribution in [0.3, 0.4) is 0 Å². The number of likely N-dealkylation sites (tertiary alicyclic amines) is 1. The molecule has 0 aliphatic carbocycles. The van der Waals surface area contributed by atoms with Gasteiger partial charge in [-0.05, 0) is 81.2 Å². The molecule has 0 saturated carbocycles. The van der Waals surface area contributed by atoms with Crippen LogP contribution < -0.4 is 26.2 Å². The third kappa shape index (κ3) is 10.4. The number of aromatic nitrogens is 2. The lowest BCUT2D eigenvalue weighted by Gasteiger charge is -2.32. The van der Waals surface area contributed by atoms with Crippen molar-refractivity contribution in [2.24, 2.45) is 5.92 Å². The summed E-state index contributed by atoms with van der Waals surface area (Å²) in [6.45, 7) is 3.41. The lowest BCUT2D eigenvalue weighted by atomic mass is 9.96. The second-order valence-electron chi connectivity index (χ2n) is 10.6. The maximum absolute atomic E-state index is 14.6. The van der Waals surface area contributed by atoms with Gasteiger partial charge < -0.3 is 30.3 Å². The number of ether oxygens (including phenoxy) is 2. The molecule has 1 unspecified atom stereocenters. The molecule has 0 bridgehead atoms. The molecule has 13 heteroatoms. The van der Waals surface area contributed by atoms with Crippen molar-refractivity contribution in [2.45, 2.75) is 38.5 Å². The second-order valence-corrected chi connectivity index (χ2v) is 10.6. The molecule has 1 atom stereocenters. The van der Waals surface area contributed by atoms with Gasteiger partial charge in [-0.3, -0.25) is 14.8 Å². The zero-order valence-corrected chi connectivity index (χ0v) is 24.9. The van der Waals surface area contributed by atoms with Crippen molar-refractivity contribution < 1.29 is 28.7 Å². The Morgan fingerprint density at radius 1 is 1.05 bits per heavy atom. The average Bonchev–Trinajstić information content (AvgIpc) is 3.03. The number of hydrogen-bond donors (Lipinski definition) is 5. The first-order valence-electron chi connectivity index (χ1n) is 14.8. The van der Waals surface area contributed by atoms with Crippen molar-refractivity contribution in [3.8, 4) is 5.75 Å². The van der Waals surface area contributed by atoms with E-state index in [9.17, 15) is 14.0 Å². The molecule has 1 aliphatic rings. The Kier molecular flexibility index (Phi) is 12.7. The minimum atomic E-state index is -0.620. The monoisotopic (exact) mass is 609 g/mol. The lowest BCUT2D eigenvalue weighted by Crippen LogP contribution is -2.41. The Morgan fingerprint density at radius 3 is 2.66 bits per heavy atom. The maximum atomic E-state index is 14.6. The van der Waals surface area contributed by atoms with Gasteiger partial charge in [-0.15, -0.1) is 0 Å². The van der Waals surface area contributed by atoms with Crippen LogP contribution >= 0.6 is 0 Å². The summed E-state index contributed by atoms with van der Waals surface area (Å²) in [6.07, 6.45) is 5.65. The fraction of sp³-hybridized carbons (Fsp3) is 0.419. The second kappa shape index (κ2) is 17.1. The molecule has 44 heavy (non-hydrogen) atoms. The zero-order valence-electron chi connectivity index (χ0n) is 24.9. The predicted molar refractivity (Wildman–Crippen MR) is 165 cm³/mol. The van der Waals surface area contributed by atoms with Crippen LogP contribution in [0.4, 0.5) is 33.2 Å². The highest BCUT2D eigenvalue weighted by Crippen LogP contribution is 2.25. The normalized spacial score (nSPS) is 14.9. The largest absolute Gasteiger partial charge is 0.491 e. The number of amides is 2. The SMILES string of the molecule is COCCOc1ccc(Nc2ncc(F)c(Nc3cccc(NC(=O)C4CCCN(CCCCCC(=O)NO)C4)c3)n2)cc1. The van der Waals surface area contributed by atoms with Gasteiger partial charge in [-0.2, -0.15) is 4.98 Å². The molecule has 3 aromatic rings. The topological polar surface area (TPSA) is 150 Å². The van der Waals surface area contributed by atoms with E-state index in [-0.39, 0.29) is 29.5 Å². The molecule has 1 fully saturated rings. The number of carbonyl (C=O) groups excluding carboxylic acids is 2. The van der Waals surface area contributed by atoms with Crippen molar-refractivity contribution in [3.63, 3.8) is 0 Å². The molecule has 0 spiro atoms. The van der Waals surface area contributed by atoms with E-state index in [1.807, 2.05) is 12.1 Å². The summed E-state index contributed by atoms with van der Waals surface area (Å²) in [6, 6.07) is 14.3. The van der Waals surface area contributed by atoms with Crippen LogP contribution in [0.5, 0.6) is 5.75 Å².